The van der Waals surface area contributed by atoms with Crippen molar-refractivity contribution >= 4 is 11.9 Å². The fourth-order valence-corrected chi connectivity index (χ4v) is 4.89. The topological polar surface area (TPSA) is 65.5 Å². The van der Waals surface area contributed by atoms with Gasteiger partial charge in [-0.3, -0.25) is 14.7 Å². The highest BCUT2D eigenvalue weighted by atomic mass is 16.2. The molecule has 6 nitrogen and oxygen atoms in total. The van der Waals surface area contributed by atoms with E-state index in [9.17, 15) is 9.59 Å². The number of nitrogens with one attached hydrogen (secondary N) is 1. The van der Waals surface area contributed by atoms with Gasteiger partial charge in [0.05, 0.1) is 6.67 Å². The van der Waals surface area contributed by atoms with Crippen molar-refractivity contribution in [1.29, 1.82) is 0 Å². The van der Waals surface area contributed by atoms with E-state index in [1.807, 2.05) is 36.4 Å². The molecule has 2 aliphatic rings. The van der Waals surface area contributed by atoms with Gasteiger partial charge in [0.15, 0.2) is 5.54 Å². The van der Waals surface area contributed by atoms with Gasteiger partial charge < -0.3 is 5.32 Å². The average molecular weight is 427 g/mol. The van der Waals surface area contributed by atoms with Crippen molar-refractivity contribution in [2.75, 3.05) is 19.8 Å². The van der Waals surface area contributed by atoms with Crippen LogP contribution in [0.2, 0.25) is 0 Å². The lowest BCUT2D eigenvalue weighted by molar-refractivity contribution is -0.131. The van der Waals surface area contributed by atoms with Gasteiger partial charge in [0.2, 0.25) is 0 Å². The molecule has 0 saturated carbocycles. The van der Waals surface area contributed by atoms with Crippen LogP contribution >= 0.6 is 0 Å². The van der Waals surface area contributed by atoms with E-state index in [0.29, 0.717) is 18.2 Å². The normalized spacial score (nSPS) is 22.2. The predicted molar refractivity (Wildman–Crippen MR) is 122 cm³/mol. The van der Waals surface area contributed by atoms with E-state index in [-0.39, 0.29) is 11.9 Å². The van der Waals surface area contributed by atoms with Gasteiger partial charge in [0.1, 0.15) is 0 Å². The molecule has 3 aromatic rings. The summed E-state index contributed by atoms with van der Waals surface area (Å²) in [6.45, 7) is 2.00. The number of rotatable bonds is 5. The number of likely N-dealkylation sites (tertiary alicyclic amines) is 1. The van der Waals surface area contributed by atoms with E-state index >= 15 is 0 Å². The Labute approximate surface area is 187 Å². The largest absolute Gasteiger partial charge is 0.326 e. The maximum absolute atomic E-state index is 13.8. The van der Waals surface area contributed by atoms with Gasteiger partial charge in [-0.05, 0) is 47.6 Å². The zero-order valence-electron chi connectivity index (χ0n) is 17.9. The van der Waals surface area contributed by atoms with Crippen LogP contribution in [0.4, 0.5) is 4.79 Å². The first-order valence-electron chi connectivity index (χ1n) is 11.1. The Bertz CT molecular complexity index is 1040. The van der Waals surface area contributed by atoms with E-state index in [4.69, 9.17) is 0 Å². The Kier molecular flexibility index (Phi) is 5.45. The number of urea groups is 1. The van der Waals surface area contributed by atoms with Gasteiger partial charge in [-0.2, -0.15) is 0 Å². The van der Waals surface area contributed by atoms with E-state index in [1.165, 1.54) is 10.5 Å². The molecule has 0 aliphatic carbocycles. The third kappa shape index (κ3) is 3.56. The second-order valence-electron chi connectivity index (χ2n) is 8.46. The zero-order chi connectivity index (χ0) is 22.0. The summed E-state index contributed by atoms with van der Waals surface area (Å²) < 4.78 is 0. The quantitative estimate of drug-likeness (QED) is 0.632. The number of imide groups is 1. The van der Waals surface area contributed by atoms with Crippen molar-refractivity contribution in [1.82, 2.24) is 20.1 Å². The summed E-state index contributed by atoms with van der Waals surface area (Å²) in [5, 5.41) is 3.01. The Morgan fingerprint density at radius 1 is 0.844 bits per heavy atom. The summed E-state index contributed by atoms with van der Waals surface area (Å²) in [4.78, 5) is 34.5. The van der Waals surface area contributed by atoms with Gasteiger partial charge >= 0.3 is 6.03 Å². The number of benzene rings is 2. The zero-order valence-corrected chi connectivity index (χ0v) is 17.9. The summed E-state index contributed by atoms with van der Waals surface area (Å²) in [6, 6.07) is 23.2. The first kappa shape index (κ1) is 20.4. The number of hydrogen-bond donors (Lipinski definition) is 1. The monoisotopic (exact) mass is 426 g/mol. The van der Waals surface area contributed by atoms with Crippen LogP contribution in [0.1, 0.15) is 35.4 Å². The van der Waals surface area contributed by atoms with Crippen LogP contribution in [0.25, 0.3) is 0 Å². The highest BCUT2D eigenvalue weighted by molar-refractivity contribution is 6.09. The second-order valence-corrected chi connectivity index (χ2v) is 8.46. The second kappa shape index (κ2) is 8.55. The predicted octanol–water partition coefficient (Wildman–Crippen LogP) is 3.71. The van der Waals surface area contributed by atoms with E-state index < -0.39 is 5.54 Å². The minimum absolute atomic E-state index is 0.245. The van der Waals surface area contributed by atoms with E-state index in [0.717, 1.165) is 31.5 Å². The summed E-state index contributed by atoms with van der Waals surface area (Å²) in [6.07, 6.45) is 5.33. The Morgan fingerprint density at radius 3 is 2.09 bits per heavy atom. The molecule has 162 valence electrons. The molecule has 0 bridgehead atoms. The SMILES string of the molecule is O=C1NC(c2ccccc2)(c2ccncc2)C(=O)N1CN1CCC(c2ccccc2)CC1. The number of carbonyl (C=O) groups excluding carboxylic acids is 2. The van der Waals surface area contributed by atoms with Crippen LogP contribution in [-0.2, 0) is 10.3 Å². The standard InChI is InChI=1S/C26H26N4O2/c31-24-26(22-9-5-2-6-10-22,23-11-15-27-16-12-23)28-25(32)30(24)19-29-17-13-21(14-18-29)20-7-3-1-4-8-20/h1-12,15-16,21H,13-14,17-19H2,(H,28,32). The minimum atomic E-state index is -1.23. The van der Waals surface area contributed by atoms with Gasteiger partial charge in [0, 0.05) is 25.5 Å². The molecule has 32 heavy (non-hydrogen) atoms. The van der Waals surface area contributed by atoms with Crippen molar-refractivity contribution in [2.24, 2.45) is 0 Å². The molecule has 1 N–H and O–H groups in total. The Balaban J connectivity index is 1.36. The van der Waals surface area contributed by atoms with Crippen LogP contribution in [0, 0.1) is 0 Å². The maximum atomic E-state index is 13.8. The van der Waals surface area contributed by atoms with Crippen molar-refractivity contribution in [3.8, 4) is 0 Å². The summed E-state index contributed by atoms with van der Waals surface area (Å²) in [5.41, 5.74) is 1.59. The molecule has 6 heteroatoms. The lowest BCUT2D eigenvalue weighted by Gasteiger charge is -2.34. The first-order chi connectivity index (χ1) is 15.7. The van der Waals surface area contributed by atoms with Crippen molar-refractivity contribution in [2.45, 2.75) is 24.3 Å². The van der Waals surface area contributed by atoms with Crippen LogP contribution in [0.3, 0.4) is 0 Å². The third-order valence-corrected chi connectivity index (χ3v) is 6.63. The lowest BCUT2D eigenvalue weighted by atomic mass is 9.83. The molecule has 2 aromatic carbocycles. The maximum Gasteiger partial charge on any atom is 0.326 e. The fraction of sp³-hybridized carbons (Fsp3) is 0.269. The number of pyridine rings is 1. The number of hydrogen-bond acceptors (Lipinski definition) is 4. The Morgan fingerprint density at radius 2 is 1.44 bits per heavy atom. The highest BCUT2D eigenvalue weighted by Crippen LogP contribution is 2.36. The molecule has 3 amide bonds. The molecule has 2 fully saturated rings. The van der Waals surface area contributed by atoms with Crippen molar-refractivity contribution in [3.05, 3.63) is 102 Å². The van der Waals surface area contributed by atoms with E-state index in [1.54, 1.807) is 24.5 Å². The smallest absolute Gasteiger partial charge is 0.315 e. The number of aromatic nitrogens is 1. The molecular weight excluding hydrogens is 400 g/mol. The minimum Gasteiger partial charge on any atom is -0.315 e. The van der Waals surface area contributed by atoms with Crippen LogP contribution < -0.4 is 5.32 Å². The van der Waals surface area contributed by atoms with E-state index in [2.05, 4.69) is 39.5 Å². The van der Waals surface area contributed by atoms with Crippen molar-refractivity contribution < 1.29 is 9.59 Å². The van der Waals surface area contributed by atoms with Gasteiger partial charge in [-0.25, -0.2) is 9.69 Å². The third-order valence-electron chi connectivity index (χ3n) is 6.63. The van der Waals surface area contributed by atoms with Gasteiger partial charge in [-0.1, -0.05) is 60.7 Å². The molecule has 1 unspecified atom stereocenters. The molecule has 1 atom stereocenters. The number of piperidine rings is 1. The molecule has 2 aliphatic heterocycles. The summed E-state index contributed by atoms with van der Waals surface area (Å²) in [7, 11) is 0. The molecule has 2 saturated heterocycles. The molecule has 1 aromatic heterocycles. The Hall–Kier alpha value is -3.51. The molecule has 3 heterocycles. The number of amides is 3. The lowest BCUT2D eigenvalue weighted by Crippen LogP contribution is -2.47. The molecule has 5 rings (SSSR count). The molecule has 0 radical (unpaired) electrons. The molecular formula is C26H26N4O2. The average Bonchev–Trinajstić information content (AvgIpc) is 3.12. The highest BCUT2D eigenvalue weighted by Gasteiger charge is 2.54. The molecule has 0 spiro atoms. The summed E-state index contributed by atoms with van der Waals surface area (Å²) in [5.74, 6) is 0.279. The van der Waals surface area contributed by atoms with Crippen molar-refractivity contribution in [3.63, 3.8) is 0 Å². The first-order valence-corrected chi connectivity index (χ1v) is 11.1. The van der Waals surface area contributed by atoms with Crippen LogP contribution in [0.5, 0.6) is 0 Å². The summed E-state index contributed by atoms with van der Waals surface area (Å²) >= 11 is 0. The van der Waals surface area contributed by atoms with Gasteiger partial charge in [-0.15, -0.1) is 0 Å². The van der Waals surface area contributed by atoms with Crippen LogP contribution in [-0.4, -0.2) is 46.5 Å². The van der Waals surface area contributed by atoms with Crippen LogP contribution in [0.15, 0.2) is 85.2 Å². The number of carbonyl (C=O) groups is 2. The fourth-order valence-electron chi connectivity index (χ4n) is 4.89. The van der Waals surface area contributed by atoms with Gasteiger partial charge in [0.25, 0.3) is 5.91 Å². The number of nitrogens with zero attached hydrogens (tertiary/aromatic N) is 3.